The van der Waals surface area contributed by atoms with Crippen molar-refractivity contribution >= 4 is 111 Å². The van der Waals surface area contributed by atoms with Gasteiger partial charge in [-0.3, -0.25) is 9.59 Å². The lowest BCUT2D eigenvalue weighted by Crippen LogP contribution is -3.00. The largest absolute Gasteiger partial charge is 1.00 e. The number of esters is 2. The summed E-state index contributed by atoms with van der Waals surface area (Å²) in [5.74, 6) is 0.957. The third kappa shape index (κ3) is 29.8. The second-order valence-corrected chi connectivity index (χ2v) is 41.1. The van der Waals surface area contributed by atoms with Crippen LogP contribution in [0.4, 0.5) is 39.8 Å². The van der Waals surface area contributed by atoms with Crippen molar-refractivity contribution in [1.29, 1.82) is 0 Å². The standard InChI is InChI=1S/C38H42N2.2C36H44N2O2.C11H17NO4S2.CH2N.ClH/c1-6-28(5)29-17-21-32(22-18-29)39-37-26-25-36(34-11-9-10-12-35(34)37)38(30-15-13-27(4)14-16-30)31-19-23-33(24-20-31)40(7-2)8-3;2*1-7-36(5,6)35(39)40-25-24-37-33-23-22-32(30-12-10-11-13-31(30)33)34(27-16-14-26(4)15-17-27)28-18-20-29(21-19-28)38(8-2)9-3;1-4-9(2)10-5-7-11(8-6-10)18(15,16)12-17(3,13)14;1-2;/h9-26,28,38-39H,6-8H2,1-5H3;2*10-23,34,37H,7-9,24-25H2,1-6H3;5-9,12H,4H2,1-3H3;1H2;1H/q;;;;-1;/p-1. The number of sulfonamides is 2. The summed E-state index contributed by atoms with van der Waals surface area (Å²) in [6.07, 6.45) is 4.42. The molecule has 746 valence electrons. The maximum Gasteiger partial charge on any atom is 0.311 e. The number of fused-ring (bicyclic) bond motifs is 3. The van der Waals surface area contributed by atoms with Crippen LogP contribution in [0, 0.1) is 31.6 Å². The molecule has 0 radical (unpaired) electrons. The SMILES string of the molecule is C=[N-].CCC(C)c1ccc(Nc2ccc(C(c3ccc(C)cc3)c3ccc(N(CC)CC)cc3)c3ccccc23)cc1.CCC(C)c1ccc(S(=O)(=O)NS(C)(=O)=O)cc1.CCN(CC)c1ccc(C(c2ccc(C)cc2)c2ccc(NCCOC(=O)C(C)(C)CC)c3ccccc23)cc1.CCN(CC)c1ccc(C(c2ccc(C)cc2)c2ccc(NCCOC(=O)C(C)(C)CC)c3ccccc23)cc1.[Cl-]. The zero-order chi connectivity index (χ0) is 101. The topological polar surface area (TPSA) is 201 Å². The zero-order valence-electron chi connectivity index (χ0n) is 86.6. The molecule has 0 aliphatic rings. The Balaban J connectivity index is 0.000000215. The molecule has 0 spiro atoms. The van der Waals surface area contributed by atoms with Crippen molar-refractivity contribution in [2.24, 2.45) is 10.8 Å². The maximum atomic E-state index is 12.4. The van der Waals surface area contributed by atoms with E-state index in [4.69, 9.17) is 14.9 Å². The molecule has 16 nitrogen and oxygen atoms in total. The van der Waals surface area contributed by atoms with Gasteiger partial charge in [-0.15, -0.1) is 4.13 Å². The van der Waals surface area contributed by atoms with Gasteiger partial charge in [0.25, 0.3) is 10.0 Å². The second kappa shape index (κ2) is 53.3. The Bertz CT molecular complexity index is 6310. The number of halogens is 1. The molecular formula is C122H149ClN8O8S2-2. The summed E-state index contributed by atoms with van der Waals surface area (Å²) in [5.41, 5.74) is 25.0. The number of carbonyl (C=O) groups excluding carboxylic acids is 2. The Kier molecular flexibility index (Phi) is 42.4. The molecule has 0 aromatic heterocycles. The Morgan fingerprint density at radius 3 is 0.872 bits per heavy atom. The van der Waals surface area contributed by atoms with Crippen LogP contribution in [0.3, 0.4) is 0 Å². The number of anilines is 7. The van der Waals surface area contributed by atoms with E-state index in [-0.39, 0.29) is 47.0 Å². The van der Waals surface area contributed by atoms with E-state index in [1.165, 1.54) is 123 Å². The summed E-state index contributed by atoms with van der Waals surface area (Å²) in [6, 6.07) is 109. The van der Waals surface area contributed by atoms with Gasteiger partial charge in [0.2, 0.25) is 10.0 Å². The van der Waals surface area contributed by atoms with E-state index in [1.54, 1.807) is 16.3 Å². The molecule has 14 aromatic rings. The number of ether oxygens (including phenoxy) is 2. The fourth-order valence-corrected chi connectivity index (χ4v) is 20.0. The highest BCUT2D eigenvalue weighted by Crippen LogP contribution is 2.45. The summed E-state index contributed by atoms with van der Waals surface area (Å²) < 4.78 is 58.1. The normalized spacial score (nSPS) is 12.4. The molecule has 14 rings (SSSR count). The van der Waals surface area contributed by atoms with Gasteiger partial charge in [0.05, 0.1) is 22.0 Å². The molecule has 0 aliphatic carbocycles. The zero-order valence-corrected chi connectivity index (χ0v) is 89.0. The summed E-state index contributed by atoms with van der Waals surface area (Å²) in [5, 5.41) is 24.8. The maximum absolute atomic E-state index is 12.4. The van der Waals surface area contributed by atoms with Crippen molar-refractivity contribution in [1.82, 2.24) is 4.13 Å². The Morgan fingerprint density at radius 1 is 0.348 bits per heavy atom. The summed E-state index contributed by atoms with van der Waals surface area (Å²) in [4.78, 5) is 31.8. The van der Waals surface area contributed by atoms with Crippen molar-refractivity contribution in [3.05, 3.63) is 387 Å². The van der Waals surface area contributed by atoms with Crippen molar-refractivity contribution in [3.8, 4) is 0 Å². The highest BCUT2D eigenvalue weighted by Gasteiger charge is 2.31. The molecule has 0 saturated carbocycles. The number of nitrogens with one attached hydrogen (secondary N) is 4. The molecule has 0 bridgehead atoms. The molecule has 0 saturated heterocycles. The molecule has 0 aliphatic heterocycles. The number of carbonyl (C=O) groups is 2. The van der Waals surface area contributed by atoms with Crippen LogP contribution in [0.25, 0.3) is 37.7 Å². The molecule has 4 N–H and O–H groups in total. The highest BCUT2D eigenvalue weighted by atomic mass is 35.5. The monoisotopic (exact) mass is 1950 g/mol. The number of nitrogens with zero attached hydrogens (tertiary/aromatic N) is 4. The minimum atomic E-state index is -4.01. The minimum Gasteiger partial charge on any atom is -1.00 e. The average Bonchev–Trinajstić information content (AvgIpc) is 0.774. The predicted octanol–water partition coefficient (Wildman–Crippen LogP) is 26.3. The van der Waals surface area contributed by atoms with E-state index in [9.17, 15) is 26.4 Å². The number of rotatable bonds is 39. The van der Waals surface area contributed by atoms with E-state index in [0.29, 0.717) is 38.1 Å². The third-order valence-corrected chi connectivity index (χ3v) is 30.3. The molecule has 0 amide bonds. The first-order valence-corrected chi connectivity index (χ1v) is 53.3. The number of hydrogen-bond acceptors (Lipinski definition) is 14. The molecule has 14 aromatic carbocycles. The van der Waals surface area contributed by atoms with Crippen LogP contribution in [0.15, 0.2) is 308 Å². The quantitative estimate of drug-likeness (QED) is 0.0123. The first kappa shape index (κ1) is 112. The Labute approximate surface area is 849 Å². The lowest BCUT2D eigenvalue weighted by atomic mass is 9.82. The molecule has 0 heterocycles. The first-order chi connectivity index (χ1) is 67.2. The smallest absolute Gasteiger partial charge is 0.311 e. The molecule has 19 heteroatoms. The summed E-state index contributed by atoms with van der Waals surface area (Å²) >= 11 is 0. The lowest BCUT2D eigenvalue weighted by Gasteiger charge is -2.25. The van der Waals surface area contributed by atoms with Gasteiger partial charge in [-0.2, -0.15) is 0 Å². The molecule has 5 unspecified atom stereocenters. The van der Waals surface area contributed by atoms with Crippen molar-refractivity contribution in [2.45, 2.75) is 192 Å². The van der Waals surface area contributed by atoms with E-state index in [0.717, 1.165) is 110 Å². The van der Waals surface area contributed by atoms with Crippen LogP contribution in [-0.2, 0) is 39.1 Å². The van der Waals surface area contributed by atoms with Gasteiger partial charge in [0, 0.05) is 126 Å². The summed E-state index contributed by atoms with van der Waals surface area (Å²) in [7, 11) is -7.80. The van der Waals surface area contributed by atoms with Crippen LogP contribution in [0.5, 0.6) is 0 Å². The van der Waals surface area contributed by atoms with Crippen LogP contribution in [0.2, 0.25) is 0 Å². The van der Waals surface area contributed by atoms with Crippen LogP contribution >= 0.6 is 0 Å². The van der Waals surface area contributed by atoms with Gasteiger partial charge >= 0.3 is 11.9 Å². The fourth-order valence-electron chi connectivity index (χ4n) is 17.6. The van der Waals surface area contributed by atoms with Gasteiger partial charge in [-0.1, -0.05) is 283 Å². The number of benzene rings is 14. The van der Waals surface area contributed by atoms with Crippen LogP contribution in [-0.4, -0.2) is 107 Å². The molecule has 0 fully saturated rings. The fraction of sp³-hybridized carbons (Fsp3) is 0.336. The summed E-state index contributed by atoms with van der Waals surface area (Å²) in [6.45, 7) is 50.0. The Morgan fingerprint density at radius 2 is 0.603 bits per heavy atom. The minimum absolute atomic E-state index is 0. The number of aryl methyl sites for hydroxylation is 3. The highest BCUT2D eigenvalue weighted by molar-refractivity contribution is 8.04. The Hall–Kier alpha value is -12.6. The molecule has 141 heavy (non-hydrogen) atoms. The van der Waals surface area contributed by atoms with E-state index >= 15 is 0 Å². The van der Waals surface area contributed by atoms with E-state index in [1.807, 2.05) is 55.4 Å². The van der Waals surface area contributed by atoms with E-state index < -0.39 is 30.9 Å². The second-order valence-electron chi connectivity index (χ2n) is 37.5. The van der Waals surface area contributed by atoms with Gasteiger partial charge in [0.15, 0.2) is 0 Å². The van der Waals surface area contributed by atoms with Crippen molar-refractivity contribution in [3.63, 3.8) is 0 Å². The average molecular weight is 1960 g/mol. The van der Waals surface area contributed by atoms with Gasteiger partial charge < -0.3 is 57.9 Å². The lowest BCUT2D eigenvalue weighted by molar-refractivity contribution is -0.154. The predicted molar refractivity (Wildman–Crippen MR) is 594 cm³/mol. The first-order valence-electron chi connectivity index (χ1n) is 49.9. The van der Waals surface area contributed by atoms with Gasteiger partial charge in [-0.05, 0) is 284 Å². The molecule has 5 atom stereocenters. The van der Waals surface area contributed by atoms with Crippen molar-refractivity contribution < 1.29 is 48.3 Å². The van der Waals surface area contributed by atoms with Gasteiger partial charge in [0.1, 0.15) is 13.2 Å². The molecular weight excluding hydrogens is 1800 g/mol. The van der Waals surface area contributed by atoms with Crippen LogP contribution < -0.4 is 47.2 Å². The van der Waals surface area contributed by atoms with Crippen LogP contribution in [0.1, 0.15) is 244 Å². The third-order valence-electron chi connectivity index (χ3n) is 27.3. The van der Waals surface area contributed by atoms with Gasteiger partial charge in [-0.25, -0.2) is 23.6 Å². The van der Waals surface area contributed by atoms with E-state index in [2.05, 4.69) is 393 Å². The number of hydrogen-bond donors (Lipinski definition) is 4. The van der Waals surface area contributed by atoms with Crippen molar-refractivity contribution in [2.75, 3.05) is 102 Å².